The normalized spacial score (nSPS) is 45.9. The Morgan fingerprint density at radius 1 is 1.00 bits per heavy atom. The number of nitrogens with one attached hydrogen (secondary N) is 1. The van der Waals surface area contributed by atoms with Gasteiger partial charge in [-0.25, -0.2) is 0 Å². The van der Waals surface area contributed by atoms with E-state index in [1.165, 1.54) is 44.9 Å². The molecule has 3 fully saturated rings. The maximum atomic E-state index is 11.5. The van der Waals surface area contributed by atoms with Crippen LogP contribution in [0.25, 0.3) is 0 Å². The van der Waals surface area contributed by atoms with Gasteiger partial charge in [0.1, 0.15) is 0 Å². The zero-order valence-corrected chi connectivity index (χ0v) is 12.3. The van der Waals surface area contributed by atoms with E-state index in [0.29, 0.717) is 0 Å². The van der Waals surface area contributed by atoms with Gasteiger partial charge in [-0.15, -0.1) is 0 Å². The zero-order chi connectivity index (χ0) is 12.5. The lowest BCUT2D eigenvalue weighted by atomic mass is 9.80. The SMILES string of the molecule is CNC1CC2CCCC(C1)N2C1CCS(=O)CC1. The van der Waals surface area contributed by atoms with E-state index in [1.54, 1.807) is 0 Å². The first-order valence-electron chi connectivity index (χ1n) is 7.57. The third-order valence-corrected chi connectivity index (χ3v) is 6.60. The molecule has 2 atom stereocenters. The lowest BCUT2D eigenvalue weighted by Gasteiger charge is -2.53. The van der Waals surface area contributed by atoms with Crippen LogP contribution in [0.15, 0.2) is 0 Å². The van der Waals surface area contributed by atoms with Gasteiger partial charge in [0.05, 0.1) is 0 Å². The van der Waals surface area contributed by atoms with E-state index in [4.69, 9.17) is 0 Å². The molecule has 1 N–H and O–H groups in total. The molecule has 3 heterocycles. The molecule has 0 aromatic rings. The molecule has 0 aliphatic carbocycles. The van der Waals surface area contributed by atoms with Crippen LogP contribution in [-0.4, -0.2) is 51.8 Å². The summed E-state index contributed by atoms with van der Waals surface area (Å²) in [7, 11) is 1.59. The molecule has 0 radical (unpaired) electrons. The largest absolute Gasteiger partial charge is 0.317 e. The summed E-state index contributed by atoms with van der Waals surface area (Å²) in [6, 6.07) is 3.06. The van der Waals surface area contributed by atoms with Crippen LogP contribution in [-0.2, 0) is 10.8 Å². The highest BCUT2D eigenvalue weighted by molar-refractivity contribution is 7.85. The summed E-state index contributed by atoms with van der Waals surface area (Å²) in [6.07, 6.45) is 9.18. The zero-order valence-electron chi connectivity index (χ0n) is 11.4. The fourth-order valence-corrected chi connectivity index (χ4v) is 5.60. The monoisotopic (exact) mass is 270 g/mol. The van der Waals surface area contributed by atoms with Crippen molar-refractivity contribution in [1.29, 1.82) is 0 Å². The van der Waals surface area contributed by atoms with Gasteiger partial charge in [0.2, 0.25) is 0 Å². The molecule has 3 aliphatic rings. The number of hydrogen-bond acceptors (Lipinski definition) is 3. The second-order valence-electron chi connectivity index (χ2n) is 6.22. The number of hydrogen-bond donors (Lipinski definition) is 1. The Morgan fingerprint density at radius 2 is 1.61 bits per heavy atom. The molecule has 0 amide bonds. The van der Waals surface area contributed by atoms with E-state index in [1.807, 2.05) is 0 Å². The summed E-state index contributed by atoms with van der Waals surface area (Å²) in [5, 5.41) is 3.49. The molecule has 0 aromatic heterocycles. The van der Waals surface area contributed by atoms with Gasteiger partial charge in [-0.1, -0.05) is 6.42 Å². The fourth-order valence-electron chi connectivity index (χ4n) is 4.33. The maximum absolute atomic E-state index is 11.5. The third-order valence-electron chi connectivity index (χ3n) is 5.22. The van der Waals surface area contributed by atoms with E-state index in [0.717, 1.165) is 35.7 Å². The van der Waals surface area contributed by atoms with E-state index >= 15 is 0 Å². The van der Waals surface area contributed by atoms with Crippen molar-refractivity contribution in [3.8, 4) is 0 Å². The van der Waals surface area contributed by atoms with Crippen molar-refractivity contribution in [3.05, 3.63) is 0 Å². The van der Waals surface area contributed by atoms with Gasteiger partial charge in [0.25, 0.3) is 0 Å². The Balaban J connectivity index is 1.69. The maximum Gasteiger partial charge on any atom is 0.0249 e. The van der Waals surface area contributed by atoms with Crippen molar-refractivity contribution in [2.75, 3.05) is 18.6 Å². The summed E-state index contributed by atoms with van der Waals surface area (Å²) in [5.74, 6) is 1.88. The van der Waals surface area contributed by atoms with E-state index in [9.17, 15) is 4.21 Å². The van der Waals surface area contributed by atoms with Crippen molar-refractivity contribution >= 4 is 10.8 Å². The second-order valence-corrected chi connectivity index (χ2v) is 7.92. The number of nitrogens with zero attached hydrogens (tertiary/aromatic N) is 1. The average Bonchev–Trinajstić information content (AvgIpc) is 2.38. The second kappa shape index (κ2) is 5.59. The summed E-state index contributed by atoms with van der Waals surface area (Å²) < 4.78 is 11.5. The lowest BCUT2D eigenvalue weighted by Crippen LogP contribution is -2.60. The van der Waals surface area contributed by atoms with Crippen LogP contribution in [0.1, 0.15) is 44.9 Å². The van der Waals surface area contributed by atoms with Crippen LogP contribution < -0.4 is 5.32 Å². The first kappa shape index (κ1) is 13.1. The van der Waals surface area contributed by atoms with E-state index in [2.05, 4.69) is 17.3 Å². The number of rotatable bonds is 2. The smallest absolute Gasteiger partial charge is 0.0249 e. The standard InChI is InChI=1S/C14H26N2OS/c1-15-11-9-13-3-2-4-14(10-11)16(13)12-5-7-18(17)8-6-12/h11-15H,2-10H2,1H3. The summed E-state index contributed by atoms with van der Waals surface area (Å²) in [4.78, 5) is 2.84. The molecular formula is C14H26N2OS. The molecule has 0 aromatic carbocycles. The minimum atomic E-state index is -0.519. The quantitative estimate of drug-likeness (QED) is 0.825. The lowest BCUT2D eigenvalue weighted by molar-refractivity contribution is -0.0126. The Labute approximate surface area is 113 Å². The molecule has 18 heavy (non-hydrogen) atoms. The van der Waals surface area contributed by atoms with Crippen LogP contribution in [0.2, 0.25) is 0 Å². The average molecular weight is 270 g/mol. The summed E-state index contributed by atoms with van der Waals surface area (Å²) >= 11 is 0. The van der Waals surface area contributed by atoms with Crippen LogP contribution >= 0.6 is 0 Å². The first-order chi connectivity index (χ1) is 8.78. The van der Waals surface area contributed by atoms with Gasteiger partial charge in [-0.05, 0) is 45.6 Å². The van der Waals surface area contributed by atoms with E-state index < -0.39 is 10.8 Å². The number of piperidine rings is 2. The Bertz CT molecular complexity index is 299. The van der Waals surface area contributed by atoms with Crippen molar-refractivity contribution in [2.24, 2.45) is 0 Å². The highest BCUT2D eigenvalue weighted by Gasteiger charge is 2.41. The molecule has 3 aliphatic heterocycles. The van der Waals surface area contributed by atoms with Crippen LogP contribution in [0.4, 0.5) is 0 Å². The highest BCUT2D eigenvalue weighted by Crippen LogP contribution is 2.37. The van der Waals surface area contributed by atoms with Gasteiger partial charge in [0, 0.05) is 46.5 Å². The van der Waals surface area contributed by atoms with Crippen molar-refractivity contribution in [3.63, 3.8) is 0 Å². The third kappa shape index (κ3) is 2.52. The van der Waals surface area contributed by atoms with Gasteiger partial charge in [0.15, 0.2) is 0 Å². The Kier molecular flexibility index (Phi) is 4.06. The molecule has 0 saturated carbocycles. The topological polar surface area (TPSA) is 32.3 Å². The first-order valence-corrected chi connectivity index (χ1v) is 9.06. The predicted molar refractivity (Wildman–Crippen MR) is 76.2 cm³/mol. The highest BCUT2D eigenvalue weighted by atomic mass is 32.2. The predicted octanol–water partition coefficient (Wildman–Crippen LogP) is 1.50. The van der Waals surface area contributed by atoms with Crippen LogP contribution in [0, 0.1) is 0 Å². The van der Waals surface area contributed by atoms with Crippen LogP contribution in [0.5, 0.6) is 0 Å². The molecule has 4 heteroatoms. The van der Waals surface area contributed by atoms with Gasteiger partial charge in [-0.2, -0.15) is 0 Å². The Morgan fingerprint density at radius 3 is 2.17 bits per heavy atom. The minimum Gasteiger partial charge on any atom is -0.317 e. The molecule has 3 nitrogen and oxygen atoms in total. The van der Waals surface area contributed by atoms with Crippen molar-refractivity contribution in [1.82, 2.24) is 10.2 Å². The van der Waals surface area contributed by atoms with Gasteiger partial charge < -0.3 is 5.32 Å². The van der Waals surface area contributed by atoms with E-state index in [-0.39, 0.29) is 0 Å². The number of fused-ring (bicyclic) bond motifs is 2. The minimum absolute atomic E-state index is 0.519. The molecule has 0 spiro atoms. The Hall–Kier alpha value is 0.0700. The van der Waals surface area contributed by atoms with Gasteiger partial charge in [-0.3, -0.25) is 9.11 Å². The van der Waals surface area contributed by atoms with Gasteiger partial charge >= 0.3 is 0 Å². The molecule has 3 rings (SSSR count). The molecule has 2 bridgehead atoms. The molecule has 104 valence electrons. The van der Waals surface area contributed by atoms with Crippen LogP contribution in [0.3, 0.4) is 0 Å². The molecule has 3 saturated heterocycles. The van der Waals surface area contributed by atoms with Crippen molar-refractivity contribution < 1.29 is 4.21 Å². The van der Waals surface area contributed by atoms with Crippen molar-refractivity contribution in [2.45, 2.75) is 69.1 Å². The molecular weight excluding hydrogens is 244 g/mol. The fraction of sp³-hybridized carbons (Fsp3) is 1.00. The molecule has 2 unspecified atom stereocenters. The summed E-state index contributed by atoms with van der Waals surface area (Å²) in [5.41, 5.74) is 0. The summed E-state index contributed by atoms with van der Waals surface area (Å²) in [6.45, 7) is 0.